The fourth-order valence-corrected chi connectivity index (χ4v) is 4.97. The molecule has 23 heavy (non-hydrogen) atoms. The minimum absolute atomic E-state index is 0. The zero-order valence-corrected chi connectivity index (χ0v) is 15.3. The van der Waals surface area contributed by atoms with Crippen LogP contribution >= 0.6 is 24.2 Å². The van der Waals surface area contributed by atoms with Crippen molar-refractivity contribution in [3.63, 3.8) is 0 Å². The molecule has 1 heterocycles. The Morgan fingerprint density at radius 2 is 1.91 bits per heavy atom. The normalized spacial score (nSPS) is 26.3. The number of carbonyl (C=O) groups is 1. The molecule has 1 saturated heterocycles. The van der Waals surface area contributed by atoms with Crippen LogP contribution in [0.25, 0.3) is 0 Å². The monoisotopic (exact) mass is 354 g/mol. The van der Waals surface area contributed by atoms with E-state index in [4.69, 9.17) is 0 Å². The van der Waals surface area contributed by atoms with Gasteiger partial charge in [0.1, 0.15) is 0 Å². The number of nitrogens with one attached hydrogen (secondary N) is 2. The summed E-state index contributed by atoms with van der Waals surface area (Å²) in [5, 5.41) is 6.82. The molecule has 3 nitrogen and oxygen atoms in total. The van der Waals surface area contributed by atoms with Crippen LogP contribution in [0.2, 0.25) is 0 Å². The van der Waals surface area contributed by atoms with Gasteiger partial charge in [-0.2, -0.15) is 0 Å². The first-order valence-electron chi connectivity index (χ1n) is 8.48. The summed E-state index contributed by atoms with van der Waals surface area (Å²) >= 11 is 1.76. The Morgan fingerprint density at radius 3 is 2.57 bits per heavy atom. The van der Waals surface area contributed by atoms with Crippen LogP contribution < -0.4 is 10.6 Å². The molecule has 1 aliphatic heterocycles. The van der Waals surface area contributed by atoms with E-state index in [0.29, 0.717) is 6.04 Å². The zero-order chi connectivity index (χ0) is 15.4. The van der Waals surface area contributed by atoms with Gasteiger partial charge in [0.25, 0.3) is 0 Å². The van der Waals surface area contributed by atoms with Gasteiger partial charge < -0.3 is 10.6 Å². The van der Waals surface area contributed by atoms with Crippen molar-refractivity contribution in [3.05, 3.63) is 30.3 Å². The summed E-state index contributed by atoms with van der Waals surface area (Å²) in [6, 6.07) is 11.0. The number of amides is 1. The number of hydrogen-bond donors (Lipinski definition) is 2. The molecule has 1 amide bonds. The van der Waals surface area contributed by atoms with Crippen LogP contribution in [0.1, 0.15) is 45.4 Å². The van der Waals surface area contributed by atoms with Crippen LogP contribution in [0.5, 0.6) is 0 Å². The Kier molecular flexibility index (Phi) is 6.81. The first-order valence-corrected chi connectivity index (χ1v) is 9.30. The summed E-state index contributed by atoms with van der Waals surface area (Å²) in [7, 11) is 0. The van der Waals surface area contributed by atoms with E-state index < -0.39 is 0 Å². The molecule has 1 aromatic rings. The number of carbonyl (C=O) groups excluding carboxylic acids is 1. The van der Waals surface area contributed by atoms with Crippen molar-refractivity contribution in [1.29, 1.82) is 0 Å². The molecule has 0 spiro atoms. The second-order valence-electron chi connectivity index (χ2n) is 6.58. The highest BCUT2D eigenvalue weighted by molar-refractivity contribution is 8.01. The van der Waals surface area contributed by atoms with E-state index in [1.54, 1.807) is 11.8 Å². The molecule has 0 bridgehead atoms. The number of thioether (sulfide) groups is 1. The predicted molar refractivity (Wildman–Crippen MR) is 99.4 cm³/mol. The fourth-order valence-electron chi connectivity index (χ4n) is 3.58. The molecule has 2 unspecified atom stereocenters. The fraction of sp³-hybridized carbons (Fsp3) is 0.611. The minimum Gasteiger partial charge on any atom is -0.351 e. The van der Waals surface area contributed by atoms with Gasteiger partial charge >= 0.3 is 0 Å². The molecular formula is C18H27ClN2OS. The highest BCUT2D eigenvalue weighted by Gasteiger charge is 2.43. The van der Waals surface area contributed by atoms with Gasteiger partial charge in [-0.15, -0.1) is 24.2 Å². The Bertz CT molecular complexity index is 505. The Morgan fingerprint density at radius 1 is 1.22 bits per heavy atom. The molecular weight excluding hydrogens is 328 g/mol. The first kappa shape index (κ1) is 18.6. The van der Waals surface area contributed by atoms with E-state index in [2.05, 4.69) is 41.8 Å². The summed E-state index contributed by atoms with van der Waals surface area (Å²) in [6.07, 6.45) is 6.54. The van der Waals surface area contributed by atoms with Gasteiger partial charge in [0.05, 0.1) is 4.75 Å². The van der Waals surface area contributed by atoms with Gasteiger partial charge in [-0.3, -0.25) is 4.79 Å². The van der Waals surface area contributed by atoms with Gasteiger partial charge in [0, 0.05) is 17.0 Å². The van der Waals surface area contributed by atoms with E-state index in [1.807, 2.05) is 6.07 Å². The Balaban J connectivity index is 0.00000192. The van der Waals surface area contributed by atoms with Crippen molar-refractivity contribution >= 4 is 30.1 Å². The van der Waals surface area contributed by atoms with Gasteiger partial charge in [0.2, 0.25) is 5.91 Å². The third kappa shape index (κ3) is 4.43. The second-order valence-corrected chi connectivity index (χ2v) is 8.04. The molecule has 1 aromatic carbocycles. The summed E-state index contributed by atoms with van der Waals surface area (Å²) in [5.41, 5.74) is 0. The van der Waals surface area contributed by atoms with Crippen molar-refractivity contribution in [1.82, 2.24) is 10.6 Å². The van der Waals surface area contributed by atoms with Gasteiger partial charge in [-0.25, -0.2) is 0 Å². The molecule has 0 aromatic heterocycles. The molecule has 5 heteroatoms. The average molecular weight is 355 g/mol. The maximum absolute atomic E-state index is 13.0. The molecule has 2 atom stereocenters. The standard InChI is InChI=1S/C18H26N2OS.ClH/c1-14-16(10-7-13-19-14)20-17(21)18(11-5-6-12-18)22-15-8-3-2-4-9-15;/h2-4,8-9,14,16,19H,5-7,10-13H2,1H3,(H,20,21);1H. The van der Waals surface area contributed by atoms with Crippen LogP contribution in [-0.2, 0) is 4.79 Å². The second kappa shape index (κ2) is 8.41. The average Bonchev–Trinajstić information content (AvgIpc) is 3.00. The lowest BCUT2D eigenvalue weighted by molar-refractivity contribution is -0.124. The van der Waals surface area contributed by atoms with Gasteiger partial charge in [-0.05, 0) is 51.3 Å². The molecule has 0 radical (unpaired) electrons. The highest BCUT2D eigenvalue weighted by atomic mass is 35.5. The van der Waals surface area contributed by atoms with E-state index in [1.165, 1.54) is 4.90 Å². The summed E-state index contributed by atoms with van der Waals surface area (Å²) in [5.74, 6) is 0.249. The number of piperidine rings is 1. The van der Waals surface area contributed by atoms with Gasteiger partial charge in [-0.1, -0.05) is 31.0 Å². The molecule has 2 N–H and O–H groups in total. The topological polar surface area (TPSA) is 41.1 Å². The third-order valence-electron chi connectivity index (χ3n) is 4.96. The number of hydrogen-bond acceptors (Lipinski definition) is 3. The SMILES string of the molecule is CC1NCCCC1NC(=O)C1(Sc2ccccc2)CCCC1.Cl. The Hall–Kier alpha value is -0.710. The maximum atomic E-state index is 13.0. The van der Waals surface area contributed by atoms with Crippen molar-refractivity contribution in [2.24, 2.45) is 0 Å². The summed E-state index contributed by atoms with van der Waals surface area (Å²) in [4.78, 5) is 14.2. The van der Waals surface area contributed by atoms with Crippen molar-refractivity contribution in [3.8, 4) is 0 Å². The lowest BCUT2D eigenvalue weighted by Crippen LogP contribution is -2.55. The first-order chi connectivity index (χ1) is 10.7. The number of benzene rings is 1. The largest absolute Gasteiger partial charge is 0.351 e. The van der Waals surface area contributed by atoms with E-state index in [0.717, 1.165) is 45.1 Å². The van der Waals surface area contributed by atoms with Crippen LogP contribution in [0.3, 0.4) is 0 Å². The lowest BCUT2D eigenvalue weighted by Gasteiger charge is -2.35. The zero-order valence-electron chi connectivity index (χ0n) is 13.7. The molecule has 1 aliphatic carbocycles. The molecule has 128 valence electrons. The van der Waals surface area contributed by atoms with Crippen LogP contribution in [0.15, 0.2) is 35.2 Å². The Labute approximate surface area is 149 Å². The predicted octanol–water partition coefficient (Wildman–Crippen LogP) is 3.77. The van der Waals surface area contributed by atoms with E-state index in [-0.39, 0.29) is 29.1 Å². The van der Waals surface area contributed by atoms with Crippen molar-refractivity contribution < 1.29 is 4.79 Å². The smallest absolute Gasteiger partial charge is 0.236 e. The highest BCUT2D eigenvalue weighted by Crippen LogP contribution is 2.45. The molecule has 1 saturated carbocycles. The van der Waals surface area contributed by atoms with E-state index >= 15 is 0 Å². The number of halogens is 1. The van der Waals surface area contributed by atoms with Crippen molar-refractivity contribution in [2.45, 2.75) is 67.2 Å². The van der Waals surface area contributed by atoms with E-state index in [9.17, 15) is 4.79 Å². The van der Waals surface area contributed by atoms with Crippen LogP contribution in [-0.4, -0.2) is 29.3 Å². The van der Waals surface area contributed by atoms with Crippen LogP contribution in [0.4, 0.5) is 0 Å². The number of rotatable bonds is 4. The summed E-state index contributed by atoms with van der Waals surface area (Å²) < 4.78 is -0.265. The van der Waals surface area contributed by atoms with Crippen molar-refractivity contribution in [2.75, 3.05) is 6.54 Å². The molecule has 2 fully saturated rings. The molecule has 3 rings (SSSR count). The minimum atomic E-state index is -0.265. The van der Waals surface area contributed by atoms with Crippen LogP contribution in [0, 0.1) is 0 Å². The quantitative estimate of drug-likeness (QED) is 0.864. The third-order valence-corrected chi connectivity index (χ3v) is 6.45. The lowest BCUT2D eigenvalue weighted by atomic mass is 9.98. The molecule has 2 aliphatic rings. The summed E-state index contributed by atoms with van der Waals surface area (Å²) in [6.45, 7) is 3.24. The maximum Gasteiger partial charge on any atom is 0.236 e. The van der Waals surface area contributed by atoms with Gasteiger partial charge in [0.15, 0.2) is 0 Å².